The molecule has 3 heterocycles. The molecule has 2 aromatic rings. The minimum atomic E-state index is -0.620. The number of benzene rings is 2. The number of rotatable bonds is 6. The van der Waals surface area contributed by atoms with Gasteiger partial charge in [-0.3, -0.25) is 9.69 Å². The molecule has 0 aromatic heterocycles. The van der Waals surface area contributed by atoms with Gasteiger partial charge in [-0.25, -0.2) is 0 Å². The summed E-state index contributed by atoms with van der Waals surface area (Å²) in [7, 11) is 0. The van der Waals surface area contributed by atoms with Crippen LogP contribution in [0.25, 0.3) is 0 Å². The third kappa shape index (κ3) is 5.16. The molecule has 3 aliphatic rings. The molecule has 176 valence electrons. The fraction of sp³-hybridized carbons (Fsp3) is 0.500. The Labute approximate surface area is 195 Å². The van der Waals surface area contributed by atoms with Crippen LogP contribution in [0.2, 0.25) is 0 Å². The van der Waals surface area contributed by atoms with Crippen molar-refractivity contribution >= 4 is 5.91 Å². The number of ether oxygens (including phenoxy) is 2. The Morgan fingerprint density at radius 2 is 2.06 bits per heavy atom. The van der Waals surface area contributed by atoms with Gasteiger partial charge < -0.3 is 24.8 Å². The molecule has 3 atom stereocenters. The van der Waals surface area contributed by atoms with E-state index in [1.54, 1.807) is 11.0 Å². The number of amides is 1. The van der Waals surface area contributed by atoms with E-state index < -0.39 is 6.10 Å². The maximum atomic E-state index is 13.3. The zero-order valence-corrected chi connectivity index (χ0v) is 19.2. The average Bonchev–Trinajstić information content (AvgIpc) is 3.27. The summed E-state index contributed by atoms with van der Waals surface area (Å²) >= 11 is 0. The number of aliphatic hydroxyl groups excluding tert-OH is 1. The van der Waals surface area contributed by atoms with Crippen molar-refractivity contribution in [3.05, 3.63) is 59.2 Å². The van der Waals surface area contributed by atoms with Crippen LogP contribution in [0.15, 0.2) is 42.5 Å². The molecule has 0 spiro atoms. The SMILES string of the molecule is C[C@@H]1CN(CC(O)CN2CCc3ccccc3C2)C(=O)c2ccc(O[C@H]3CCNC3)cc2O1. The summed E-state index contributed by atoms with van der Waals surface area (Å²) < 4.78 is 12.1. The minimum absolute atomic E-state index is 0.105. The molecular formula is C26H33N3O4. The lowest BCUT2D eigenvalue weighted by atomic mass is 10.00. The predicted molar refractivity (Wildman–Crippen MR) is 126 cm³/mol. The number of nitrogens with one attached hydrogen (secondary N) is 1. The van der Waals surface area contributed by atoms with Crippen LogP contribution < -0.4 is 14.8 Å². The van der Waals surface area contributed by atoms with E-state index >= 15 is 0 Å². The molecule has 3 aliphatic heterocycles. The van der Waals surface area contributed by atoms with Gasteiger partial charge in [-0.15, -0.1) is 0 Å². The van der Waals surface area contributed by atoms with Crippen LogP contribution in [0.5, 0.6) is 11.5 Å². The van der Waals surface area contributed by atoms with Gasteiger partial charge >= 0.3 is 0 Å². The Balaban J connectivity index is 1.23. The molecule has 1 amide bonds. The van der Waals surface area contributed by atoms with Crippen molar-refractivity contribution in [1.29, 1.82) is 0 Å². The lowest BCUT2D eigenvalue weighted by Crippen LogP contribution is -2.45. The van der Waals surface area contributed by atoms with Gasteiger partial charge in [0, 0.05) is 38.8 Å². The van der Waals surface area contributed by atoms with Crippen molar-refractivity contribution in [2.24, 2.45) is 0 Å². The Morgan fingerprint density at radius 1 is 1.21 bits per heavy atom. The monoisotopic (exact) mass is 451 g/mol. The summed E-state index contributed by atoms with van der Waals surface area (Å²) in [4.78, 5) is 17.3. The number of carbonyl (C=O) groups excluding carboxylic acids is 1. The van der Waals surface area contributed by atoms with Gasteiger partial charge in [-0.1, -0.05) is 24.3 Å². The van der Waals surface area contributed by atoms with Crippen LogP contribution in [-0.2, 0) is 13.0 Å². The summed E-state index contributed by atoms with van der Waals surface area (Å²) in [5.41, 5.74) is 3.24. The molecule has 0 saturated carbocycles. The summed E-state index contributed by atoms with van der Waals surface area (Å²) in [6, 6.07) is 13.9. The topological polar surface area (TPSA) is 74.3 Å². The molecule has 7 heteroatoms. The van der Waals surface area contributed by atoms with Crippen molar-refractivity contribution in [3.63, 3.8) is 0 Å². The van der Waals surface area contributed by atoms with Crippen LogP contribution >= 0.6 is 0 Å². The first-order valence-electron chi connectivity index (χ1n) is 12.0. The number of hydrogen-bond donors (Lipinski definition) is 2. The van der Waals surface area contributed by atoms with Gasteiger partial charge in [-0.05, 0) is 49.6 Å². The van der Waals surface area contributed by atoms with Gasteiger partial charge in [0.25, 0.3) is 5.91 Å². The van der Waals surface area contributed by atoms with Crippen molar-refractivity contribution < 1.29 is 19.4 Å². The van der Waals surface area contributed by atoms with Crippen molar-refractivity contribution in [3.8, 4) is 11.5 Å². The van der Waals surface area contributed by atoms with E-state index in [-0.39, 0.29) is 24.7 Å². The molecule has 1 fully saturated rings. The molecular weight excluding hydrogens is 418 g/mol. The van der Waals surface area contributed by atoms with Crippen LogP contribution in [0.3, 0.4) is 0 Å². The Hall–Kier alpha value is -2.61. The van der Waals surface area contributed by atoms with Crippen LogP contribution in [0, 0.1) is 0 Å². The number of aliphatic hydroxyl groups is 1. The molecule has 2 N–H and O–H groups in total. The molecule has 1 unspecified atom stereocenters. The molecule has 2 aromatic carbocycles. The number of hydrogen-bond acceptors (Lipinski definition) is 6. The molecule has 5 rings (SSSR count). The summed E-state index contributed by atoms with van der Waals surface area (Å²) in [6.07, 6.45) is 1.32. The number of β-amino-alcohol motifs (C(OH)–C–C–N with tert-alkyl or cyclic N) is 1. The van der Waals surface area contributed by atoms with Gasteiger partial charge in [-0.2, -0.15) is 0 Å². The fourth-order valence-corrected chi connectivity index (χ4v) is 5.07. The Morgan fingerprint density at radius 3 is 2.88 bits per heavy atom. The van der Waals surface area contributed by atoms with E-state index in [0.29, 0.717) is 24.4 Å². The highest BCUT2D eigenvalue weighted by atomic mass is 16.5. The standard InChI is InChI=1S/C26H33N3O4/c1-18-14-29(17-21(30)16-28-11-9-19-4-2-3-5-20(19)15-28)26(31)24-7-6-22(12-25(24)32-18)33-23-8-10-27-13-23/h2-7,12,18,21,23,27,30H,8-11,13-17H2,1H3/t18-,21?,23+/m1/s1. The van der Waals surface area contributed by atoms with E-state index in [4.69, 9.17) is 9.47 Å². The summed E-state index contributed by atoms with van der Waals surface area (Å²) in [5, 5.41) is 14.1. The Bertz CT molecular complexity index is 991. The predicted octanol–water partition coefficient (Wildman–Crippen LogP) is 2.07. The second kappa shape index (κ2) is 9.71. The number of carbonyl (C=O) groups is 1. The first-order valence-corrected chi connectivity index (χ1v) is 12.0. The van der Waals surface area contributed by atoms with E-state index in [1.807, 2.05) is 19.1 Å². The van der Waals surface area contributed by atoms with E-state index in [9.17, 15) is 9.90 Å². The normalized spacial score (nSPS) is 23.9. The lowest BCUT2D eigenvalue weighted by Gasteiger charge is -2.32. The van der Waals surface area contributed by atoms with E-state index in [0.717, 1.165) is 44.8 Å². The third-order valence-corrected chi connectivity index (χ3v) is 6.70. The third-order valence-electron chi connectivity index (χ3n) is 6.70. The molecule has 1 saturated heterocycles. The summed E-state index contributed by atoms with van der Waals surface area (Å²) in [6.45, 7) is 6.78. The van der Waals surface area contributed by atoms with Crippen LogP contribution in [-0.4, -0.2) is 78.4 Å². The van der Waals surface area contributed by atoms with Crippen molar-refractivity contribution in [2.75, 3.05) is 39.3 Å². The zero-order valence-electron chi connectivity index (χ0n) is 19.2. The highest BCUT2D eigenvalue weighted by molar-refractivity contribution is 5.97. The first-order chi connectivity index (χ1) is 16.0. The van der Waals surface area contributed by atoms with E-state index in [2.05, 4.69) is 34.5 Å². The smallest absolute Gasteiger partial charge is 0.257 e. The quantitative estimate of drug-likeness (QED) is 0.701. The molecule has 0 radical (unpaired) electrons. The van der Waals surface area contributed by atoms with E-state index in [1.165, 1.54) is 11.1 Å². The summed E-state index contributed by atoms with van der Waals surface area (Å²) in [5.74, 6) is 1.17. The largest absolute Gasteiger partial charge is 0.489 e. The Kier molecular flexibility index (Phi) is 6.53. The highest BCUT2D eigenvalue weighted by Gasteiger charge is 2.30. The second-order valence-corrected chi connectivity index (χ2v) is 9.44. The average molecular weight is 452 g/mol. The lowest BCUT2D eigenvalue weighted by molar-refractivity contribution is 0.0454. The maximum Gasteiger partial charge on any atom is 0.257 e. The molecule has 7 nitrogen and oxygen atoms in total. The fourth-order valence-electron chi connectivity index (χ4n) is 5.07. The minimum Gasteiger partial charge on any atom is -0.489 e. The van der Waals surface area contributed by atoms with Gasteiger partial charge in [0.1, 0.15) is 23.7 Å². The van der Waals surface area contributed by atoms with Crippen LogP contribution in [0.1, 0.15) is 34.8 Å². The van der Waals surface area contributed by atoms with Crippen molar-refractivity contribution in [1.82, 2.24) is 15.1 Å². The number of nitrogens with zero attached hydrogens (tertiary/aromatic N) is 2. The second-order valence-electron chi connectivity index (χ2n) is 9.44. The maximum absolute atomic E-state index is 13.3. The molecule has 0 aliphatic carbocycles. The zero-order chi connectivity index (χ0) is 22.8. The van der Waals surface area contributed by atoms with Gasteiger partial charge in [0.05, 0.1) is 18.2 Å². The number of fused-ring (bicyclic) bond motifs is 2. The highest BCUT2D eigenvalue weighted by Crippen LogP contribution is 2.30. The molecule has 33 heavy (non-hydrogen) atoms. The van der Waals surface area contributed by atoms with Gasteiger partial charge in [0.15, 0.2) is 0 Å². The van der Waals surface area contributed by atoms with Crippen LogP contribution in [0.4, 0.5) is 0 Å². The van der Waals surface area contributed by atoms with Crippen molar-refractivity contribution in [2.45, 2.75) is 44.6 Å². The van der Waals surface area contributed by atoms with Gasteiger partial charge in [0.2, 0.25) is 0 Å². The first kappa shape index (κ1) is 22.2. The molecule has 0 bridgehead atoms.